The highest BCUT2D eigenvalue weighted by Crippen LogP contribution is 2.33. The molecule has 102 valence electrons. The third-order valence-corrected chi connectivity index (χ3v) is 4.25. The van der Waals surface area contributed by atoms with Gasteiger partial charge in [-0.2, -0.15) is 0 Å². The summed E-state index contributed by atoms with van der Waals surface area (Å²) in [4.78, 5) is 14.4. The third-order valence-electron chi connectivity index (χ3n) is 3.37. The summed E-state index contributed by atoms with van der Waals surface area (Å²) in [5.41, 5.74) is 6.82. The van der Waals surface area contributed by atoms with Crippen LogP contribution in [0, 0.1) is 0 Å². The summed E-state index contributed by atoms with van der Waals surface area (Å²) in [6.45, 7) is 5.24. The molecule has 3 N–H and O–H groups in total. The number of benzene rings is 1. The quantitative estimate of drug-likeness (QED) is 0.805. The molecule has 1 saturated heterocycles. The Balaban J connectivity index is 2.41. The number of halogens is 1. The Morgan fingerprint density at radius 3 is 2.79 bits per heavy atom. The predicted molar refractivity (Wildman–Crippen MR) is 84.5 cm³/mol. The molecule has 0 unspecified atom stereocenters. The molecule has 0 aliphatic carbocycles. The molecule has 0 bridgehead atoms. The molecule has 0 aromatic heterocycles. The number of piperazine rings is 1. The van der Waals surface area contributed by atoms with Gasteiger partial charge in [-0.25, -0.2) is 0 Å². The largest absolute Gasteiger partial charge is 0.389 e. The molecule has 1 aliphatic heterocycles. The van der Waals surface area contributed by atoms with Crippen molar-refractivity contribution >= 4 is 44.7 Å². The van der Waals surface area contributed by atoms with Crippen molar-refractivity contribution in [2.45, 2.75) is 19.4 Å². The van der Waals surface area contributed by atoms with Gasteiger partial charge in [-0.1, -0.05) is 12.2 Å². The molecular formula is C13H16BrN3OS. The summed E-state index contributed by atoms with van der Waals surface area (Å²) in [7, 11) is 0. The Morgan fingerprint density at radius 2 is 2.21 bits per heavy atom. The van der Waals surface area contributed by atoms with Crippen molar-refractivity contribution in [3.63, 3.8) is 0 Å². The van der Waals surface area contributed by atoms with E-state index < -0.39 is 5.54 Å². The Labute approximate surface area is 126 Å². The Hall–Kier alpha value is -1.14. The predicted octanol–water partition coefficient (Wildman–Crippen LogP) is 1.80. The maximum absolute atomic E-state index is 12.0. The lowest BCUT2D eigenvalue weighted by atomic mass is 9.97. The topological polar surface area (TPSA) is 58.4 Å². The van der Waals surface area contributed by atoms with Crippen molar-refractivity contribution in [2.24, 2.45) is 5.73 Å². The number of thiocarbonyl (C=S) groups is 1. The standard InChI is InChI=1S/C13H16BrN3OS/c1-13(2)12(18)16-5-6-17(13)10-4-3-8(11(15)19)7-9(10)14/h3-4,7H,5-6H2,1-2H3,(H2,15,19)(H,16,18). The summed E-state index contributed by atoms with van der Waals surface area (Å²) >= 11 is 8.50. The zero-order valence-corrected chi connectivity index (χ0v) is 13.3. The van der Waals surface area contributed by atoms with Crippen LogP contribution in [0.15, 0.2) is 22.7 Å². The van der Waals surface area contributed by atoms with Crippen LogP contribution in [0.4, 0.5) is 5.69 Å². The van der Waals surface area contributed by atoms with E-state index in [1.807, 2.05) is 32.0 Å². The van der Waals surface area contributed by atoms with Crippen molar-refractivity contribution < 1.29 is 4.79 Å². The van der Waals surface area contributed by atoms with E-state index in [4.69, 9.17) is 18.0 Å². The zero-order chi connectivity index (χ0) is 14.2. The first-order valence-electron chi connectivity index (χ1n) is 5.99. The van der Waals surface area contributed by atoms with E-state index in [1.54, 1.807) is 0 Å². The van der Waals surface area contributed by atoms with E-state index in [9.17, 15) is 4.79 Å². The van der Waals surface area contributed by atoms with Crippen molar-refractivity contribution in [1.82, 2.24) is 5.32 Å². The summed E-state index contributed by atoms with van der Waals surface area (Å²) < 4.78 is 0.889. The summed E-state index contributed by atoms with van der Waals surface area (Å²) in [5, 5.41) is 2.88. The van der Waals surface area contributed by atoms with Gasteiger partial charge in [-0.3, -0.25) is 4.79 Å². The average Bonchev–Trinajstić information content (AvgIpc) is 2.33. The number of carbonyl (C=O) groups excluding carboxylic acids is 1. The van der Waals surface area contributed by atoms with Crippen LogP contribution >= 0.6 is 28.1 Å². The van der Waals surface area contributed by atoms with Gasteiger partial charge in [0, 0.05) is 23.1 Å². The van der Waals surface area contributed by atoms with E-state index in [-0.39, 0.29) is 5.91 Å². The van der Waals surface area contributed by atoms with Crippen LogP contribution in [0.3, 0.4) is 0 Å². The lowest BCUT2D eigenvalue weighted by Gasteiger charge is -2.43. The van der Waals surface area contributed by atoms with Gasteiger partial charge in [0.25, 0.3) is 0 Å². The van der Waals surface area contributed by atoms with E-state index >= 15 is 0 Å². The van der Waals surface area contributed by atoms with Gasteiger partial charge in [0.1, 0.15) is 10.5 Å². The number of anilines is 1. The van der Waals surface area contributed by atoms with Crippen LogP contribution in [-0.2, 0) is 4.79 Å². The molecule has 0 spiro atoms. The molecule has 1 aliphatic rings. The van der Waals surface area contributed by atoms with Crippen molar-refractivity contribution in [1.29, 1.82) is 0 Å². The van der Waals surface area contributed by atoms with Crippen LogP contribution in [0.5, 0.6) is 0 Å². The van der Waals surface area contributed by atoms with Crippen LogP contribution in [0.25, 0.3) is 0 Å². The molecule has 1 aromatic carbocycles. The number of amides is 1. The third kappa shape index (κ3) is 2.60. The Bertz CT molecular complexity index is 545. The fourth-order valence-corrected chi connectivity index (χ4v) is 2.92. The van der Waals surface area contributed by atoms with E-state index in [0.29, 0.717) is 11.5 Å². The SMILES string of the molecule is CC1(C)C(=O)NCCN1c1ccc(C(N)=S)cc1Br. The highest BCUT2D eigenvalue weighted by molar-refractivity contribution is 9.10. The molecule has 1 fully saturated rings. The summed E-state index contributed by atoms with van der Waals surface area (Å²) in [6, 6.07) is 5.71. The van der Waals surface area contributed by atoms with Crippen molar-refractivity contribution in [2.75, 3.05) is 18.0 Å². The number of rotatable bonds is 2. The van der Waals surface area contributed by atoms with E-state index in [0.717, 1.165) is 22.3 Å². The minimum Gasteiger partial charge on any atom is -0.389 e. The molecule has 0 saturated carbocycles. The Morgan fingerprint density at radius 1 is 1.53 bits per heavy atom. The monoisotopic (exact) mass is 341 g/mol. The van der Waals surface area contributed by atoms with Crippen LogP contribution < -0.4 is 16.0 Å². The van der Waals surface area contributed by atoms with Crippen LogP contribution in [-0.4, -0.2) is 29.5 Å². The summed E-state index contributed by atoms with van der Waals surface area (Å²) in [5.74, 6) is 0.0315. The molecular weight excluding hydrogens is 326 g/mol. The van der Waals surface area contributed by atoms with Gasteiger partial charge in [-0.05, 0) is 48.0 Å². The highest BCUT2D eigenvalue weighted by atomic mass is 79.9. The molecule has 2 rings (SSSR count). The number of nitrogens with one attached hydrogen (secondary N) is 1. The van der Waals surface area contributed by atoms with E-state index in [2.05, 4.69) is 26.1 Å². The molecule has 1 heterocycles. The maximum atomic E-state index is 12.0. The molecule has 0 atom stereocenters. The first-order valence-corrected chi connectivity index (χ1v) is 7.19. The second kappa shape index (κ2) is 5.09. The summed E-state index contributed by atoms with van der Waals surface area (Å²) in [6.07, 6.45) is 0. The van der Waals surface area contributed by atoms with Crippen molar-refractivity contribution in [3.8, 4) is 0 Å². The second-order valence-electron chi connectivity index (χ2n) is 5.00. The number of nitrogens with zero attached hydrogens (tertiary/aromatic N) is 1. The fraction of sp³-hybridized carbons (Fsp3) is 0.385. The molecule has 19 heavy (non-hydrogen) atoms. The van der Waals surface area contributed by atoms with Gasteiger partial charge in [0.15, 0.2) is 0 Å². The van der Waals surface area contributed by atoms with Crippen LogP contribution in [0.2, 0.25) is 0 Å². The number of carbonyl (C=O) groups is 1. The fourth-order valence-electron chi connectivity index (χ4n) is 2.20. The highest BCUT2D eigenvalue weighted by Gasteiger charge is 2.38. The van der Waals surface area contributed by atoms with Gasteiger partial charge >= 0.3 is 0 Å². The van der Waals surface area contributed by atoms with Gasteiger partial charge in [0.05, 0.1) is 5.69 Å². The number of hydrogen-bond acceptors (Lipinski definition) is 3. The maximum Gasteiger partial charge on any atom is 0.245 e. The second-order valence-corrected chi connectivity index (χ2v) is 6.29. The molecule has 6 heteroatoms. The normalized spacial score (nSPS) is 18.1. The van der Waals surface area contributed by atoms with Gasteiger partial charge in [0.2, 0.25) is 5.91 Å². The number of nitrogens with two attached hydrogens (primary N) is 1. The van der Waals surface area contributed by atoms with Crippen LogP contribution in [0.1, 0.15) is 19.4 Å². The van der Waals surface area contributed by atoms with Gasteiger partial charge in [-0.15, -0.1) is 0 Å². The Kier molecular flexibility index (Phi) is 3.82. The van der Waals surface area contributed by atoms with Gasteiger partial charge < -0.3 is 16.0 Å². The lowest BCUT2D eigenvalue weighted by Crippen LogP contribution is -2.62. The molecule has 1 aromatic rings. The average molecular weight is 342 g/mol. The number of hydrogen-bond donors (Lipinski definition) is 2. The minimum absolute atomic E-state index is 0.0315. The van der Waals surface area contributed by atoms with E-state index in [1.165, 1.54) is 0 Å². The minimum atomic E-state index is -0.578. The first kappa shape index (κ1) is 14.3. The van der Waals surface area contributed by atoms with Crippen molar-refractivity contribution in [3.05, 3.63) is 28.2 Å². The first-order chi connectivity index (χ1) is 8.84. The molecule has 0 radical (unpaired) electrons. The molecule has 4 nitrogen and oxygen atoms in total. The lowest BCUT2D eigenvalue weighted by molar-refractivity contribution is -0.126. The smallest absolute Gasteiger partial charge is 0.245 e. The zero-order valence-electron chi connectivity index (χ0n) is 10.9. The molecule has 1 amide bonds.